The summed E-state index contributed by atoms with van der Waals surface area (Å²) < 4.78 is 4.71. The summed E-state index contributed by atoms with van der Waals surface area (Å²) in [6, 6.07) is 0. The predicted molar refractivity (Wildman–Crippen MR) is 34.0 cm³/mol. The molecule has 0 aliphatic carbocycles. The number of aliphatic carboxylic acids is 1. The lowest BCUT2D eigenvalue weighted by atomic mass is 10.0. The highest BCUT2D eigenvalue weighted by Gasteiger charge is 2.32. The Morgan fingerprint density at radius 3 is 2.45 bits per heavy atom. The van der Waals surface area contributed by atoms with E-state index in [0.29, 0.717) is 0 Å². The van der Waals surface area contributed by atoms with E-state index in [1.807, 2.05) is 0 Å². The number of carbonyl (C=O) groups is 1. The predicted octanol–water partition coefficient (Wildman–Crippen LogP) is -1.42. The minimum atomic E-state index is -1.10. The molecule has 3 atom stereocenters. The number of aliphatic hydroxyl groups excluding tert-OH is 2. The molecule has 1 saturated heterocycles. The van der Waals surface area contributed by atoms with Gasteiger partial charge in [-0.25, -0.2) is 4.79 Å². The minimum absolute atomic E-state index is 0.0451. The SMILES string of the molecule is O=C(O)C1CC(O)C(O)CO1. The van der Waals surface area contributed by atoms with Crippen molar-refractivity contribution in [2.45, 2.75) is 24.7 Å². The molecule has 1 aliphatic rings. The van der Waals surface area contributed by atoms with Crippen LogP contribution in [-0.2, 0) is 9.53 Å². The Hall–Kier alpha value is -0.650. The van der Waals surface area contributed by atoms with Crippen molar-refractivity contribution in [3.63, 3.8) is 0 Å². The minimum Gasteiger partial charge on any atom is -0.479 e. The van der Waals surface area contributed by atoms with Crippen molar-refractivity contribution >= 4 is 5.97 Å². The summed E-state index contributed by atoms with van der Waals surface area (Å²) in [5.41, 5.74) is 0. The van der Waals surface area contributed by atoms with Gasteiger partial charge in [0.25, 0.3) is 0 Å². The second-order valence-electron chi connectivity index (χ2n) is 2.53. The Bertz CT molecular complexity index is 157. The Morgan fingerprint density at radius 2 is 2.00 bits per heavy atom. The van der Waals surface area contributed by atoms with Gasteiger partial charge in [0.05, 0.1) is 12.7 Å². The molecule has 0 spiro atoms. The summed E-state index contributed by atoms with van der Waals surface area (Å²) in [4.78, 5) is 10.3. The summed E-state index contributed by atoms with van der Waals surface area (Å²) in [5.74, 6) is -1.10. The molecular formula is C6H10O5. The molecule has 0 aromatic carbocycles. The van der Waals surface area contributed by atoms with Crippen LogP contribution in [0.15, 0.2) is 0 Å². The Kier molecular flexibility index (Phi) is 2.43. The first kappa shape index (κ1) is 8.45. The number of aliphatic hydroxyl groups is 2. The fraction of sp³-hybridized carbons (Fsp3) is 0.833. The van der Waals surface area contributed by atoms with Gasteiger partial charge >= 0.3 is 5.97 Å². The van der Waals surface area contributed by atoms with Crippen molar-refractivity contribution in [1.29, 1.82) is 0 Å². The lowest BCUT2D eigenvalue weighted by Crippen LogP contribution is -2.44. The third kappa shape index (κ3) is 1.89. The van der Waals surface area contributed by atoms with E-state index in [4.69, 9.17) is 20.1 Å². The molecule has 1 aliphatic heterocycles. The van der Waals surface area contributed by atoms with Crippen LogP contribution in [0.3, 0.4) is 0 Å². The van der Waals surface area contributed by atoms with Gasteiger partial charge in [-0.05, 0) is 0 Å². The van der Waals surface area contributed by atoms with Crippen LogP contribution in [0.2, 0.25) is 0 Å². The maximum absolute atomic E-state index is 10.3. The van der Waals surface area contributed by atoms with Gasteiger partial charge in [0.2, 0.25) is 0 Å². The standard InChI is InChI=1S/C6H10O5/c7-3-1-5(6(9)10)11-2-4(3)8/h3-5,7-8H,1-2H2,(H,9,10). The van der Waals surface area contributed by atoms with Gasteiger partial charge in [-0.2, -0.15) is 0 Å². The first-order chi connectivity index (χ1) is 5.11. The van der Waals surface area contributed by atoms with Crippen LogP contribution < -0.4 is 0 Å². The van der Waals surface area contributed by atoms with Crippen molar-refractivity contribution in [3.8, 4) is 0 Å². The van der Waals surface area contributed by atoms with Gasteiger partial charge < -0.3 is 20.1 Å². The highest BCUT2D eigenvalue weighted by molar-refractivity contribution is 5.72. The molecule has 1 rings (SSSR count). The normalized spacial score (nSPS) is 38.5. The second-order valence-corrected chi connectivity index (χ2v) is 2.53. The second kappa shape index (κ2) is 3.17. The molecule has 3 N–H and O–H groups in total. The summed E-state index contributed by atoms with van der Waals surface area (Å²) in [6.45, 7) is -0.113. The van der Waals surface area contributed by atoms with Gasteiger partial charge in [-0.1, -0.05) is 0 Å². The van der Waals surface area contributed by atoms with E-state index < -0.39 is 24.3 Å². The zero-order chi connectivity index (χ0) is 8.43. The average Bonchev–Trinajstić information content (AvgIpc) is 1.94. The molecule has 5 heteroatoms. The number of rotatable bonds is 1. The molecule has 0 aromatic heterocycles. The fourth-order valence-corrected chi connectivity index (χ4v) is 0.942. The molecular weight excluding hydrogens is 152 g/mol. The van der Waals surface area contributed by atoms with Crippen molar-refractivity contribution in [2.75, 3.05) is 6.61 Å². The number of carboxylic acids is 1. The van der Waals surface area contributed by atoms with Crippen LogP contribution >= 0.6 is 0 Å². The number of hydrogen-bond acceptors (Lipinski definition) is 4. The summed E-state index contributed by atoms with van der Waals surface area (Å²) in [6.07, 6.45) is -2.96. The molecule has 0 saturated carbocycles. The average molecular weight is 162 g/mol. The van der Waals surface area contributed by atoms with E-state index in [1.165, 1.54) is 0 Å². The van der Waals surface area contributed by atoms with E-state index in [2.05, 4.69) is 0 Å². The molecule has 1 heterocycles. The summed E-state index contributed by atoms with van der Waals surface area (Å²) >= 11 is 0. The van der Waals surface area contributed by atoms with Crippen molar-refractivity contribution < 1.29 is 24.9 Å². The monoisotopic (exact) mass is 162 g/mol. The highest BCUT2D eigenvalue weighted by atomic mass is 16.5. The van der Waals surface area contributed by atoms with Gasteiger partial charge in [-0.3, -0.25) is 0 Å². The molecule has 64 valence electrons. The van der Waals surface area contributed by atoms with Gasteiger partial charge in [0, 0.05) is 6.42 Å². The maximum atomic E-state index is 10.3. The van der Waals surface area contributed by atoms with E-state index >= 15 is 0 Å². The summed E-state index contributed by atoms with van der Waals surface area (Å²) in [7, 11) is 0. The number of hydrogen-bond donors (Lipinski definition) is 3. The highest BCUT2D eigenvalue weighted by Crippen LogP contribution is 2.14. The molecule has 0 radical (unpaired) electrons. The Labute approximate surface area is 63.2 Å². The molecule has 1 fully saturated rings. The smallest absolute Gasteiger partial charge is 0.332 e. The van der Waals surface area contributed by atoms with E-state index in [1.54, 1.807) is 0 Å². The third-order valence-electron chi connectivity index (χ3n) is 1.64. The van der Waals surface area contributed by atoms with Crippen molar-refractivity contribution in [3.05, 3.63) is 0 Å². The largest absolute Gasteiger partial charge is 0.479 e. The Balaban J connectivity index is 2.46. The zero-order valence-corrected chi connectivity index (χ0v) is 5.80. The van der Waals surface area contributed by atoms with Crippen LogP contribution in [0.4, 0.5) is 0 Å². The quantitative estimate of drug-likeness (QED) is 0.440. The topological polar surface area (TPSA) is 87.0 Å². The maximum Gasteiger partial charge on any atom is 0.332 e. The number of carboxylic acid groups (broad SMARTS) is 1. The molecule has 0 amide bonds. The lowest BCUT2D eigenvalue weighted by Gasteiger charge is -2.27. The molecule has 5 nitrogen and oxygen atoms in total. The first-order valence-electron chi connectivity index (χ1n) is 3.32. The molecule has 11 heavy (non-hydrogen) atoms. The van der Waals surface area contributed by atoms with Gasteiger partial charge in [-0.15, -0.1) is 0 Å². The van der Waals surface area contributed by atoms with Crippen LogP contribution in [-0.4, -0.2) is 46.2 Å². The molecule has 0 bridgehead atoms. The van der Waals surface area contributed by atoms with Crippen LogP contribution in [0.1, 0.15) is 6.42 Å². The van der Waals surface area contributed by atoms with Crippen LogP contribution in [0.25, 0.3) is 0 Å². The van der Waals surface area contributed by atoms with Crippen LogP contribution in [0, 0.1) is 0 Å². The lowest BCUT2D eigenvalue weighted by molar-refractivity contribution is -0.168. The van der Waals surface area contributed by atoms with E-state index in [-0.39, 0.29) is 13.0 Å². The Morgan fingerprint density at radius 1 is 1.36 bits per heavy atom. The van der Waals surface area contributed by atoms with Gasteiger partial charge in [0.1, 0.15) is 6.10 Å². The fourth-order valence-electron chi connectivity index (χ4n) is 0.942. The summed E-state index contributed by atoms with van der Waals surface area (Å²) in [5, 5.41) is 26.3. The molecule has 3 unspecified atom stereocenters. The number of ether oxygens (including phenoxy) is 1. The van der Waals surface area contributed by atoms with Gasteiger partial charge in [0.15, 0.2) is 6.10 Å². The van der Waals surface area contributed by atoms with Crippen molar-refractivity contribution in [1.82, 2.24) is 0 Å². The van der Waals surface area contributed by atoms with Crippen LogP contribution in [0.5, 0.6) is 0 Å². The van der Waals surface area contributed by atoms with E-state index in [0.717, 1.165) is 0 Å². The van der Waals surface area contributed by atoms with E-state index in [9.17, 15) is 4.79 Å². The third-order valence-corrected chi connectivity index (χ3v) is 1.64. The van der Waals surface area contributed by atoms with Crippen molar-refractivity contribution in [2.24, 2.45) is 0 Å². The zero-order valence-electron chi connectivity index (χ0n) is 5.80. The molecule has 0 aromatic rings. The first-order valence-corrected chi connectivity index (χ1v) is 3.32.